The van der Waals surface area contributed by atoms with Crippen molar-refractivity contribution in [2.75, 3.05) is 5.32 Å². The fourth-order valence-electron chi connectivity index (χ4n) is 3.22. The van der Waals surface area contributed by atoms with E-state index in [1.807, 2.05) is 60.7 Å². The van der Waals surface area contributed by atoms with Crippen LogP contribution < -0.4 is 10.6 Å². The van der Waals surface area contributed by atoms with E-state index in [0.29, 0.717) is 17.2 Å². The summed E-state index contributed by atoms with van der Waals surface area (Å²) in [5, 5.41) is 16.9. The van der Waals surface area contributed by atoms with E-state index in [2.05, 4.69) is 26.2 Å². The molecule has 4 rings (SSSR count). The van der Waals surface area contributed by atoms with Gasteiger partial charge in [-0.2, -0.15) is 4.68 Å². The predicted molar refractivity (Wildman–Crippen MR) is 115 cm³/mol. The quantitative estimate of drug-likeness (QED) is 0.491. The highest BCUT2D eigenvalue weighted by molar-refractivity contribution is 6.39. The summed E-state index contributed by atoms with van der Waals surface area (Å²) < 4.78 is 1.54. The van der Waals surface area contributed by atoms with Crippen molar-refractivity contribution in [3.63, 3.8) is 0 Å². The van der Waals surface area contributed by atoms with Crippen molar-refractivity contribution in [3.8, 4) is 5.69 Å². The summed E-state index contributed by atoms with van der Waals surface area (Å²) >= 11 is 0. The molecule has 0 saturated heterocycles. The maximum absolute atomic E-state index is 12.7. The Morgan fingerprint density at radius 1 is 0.839 bits per heavy atom. The second kappa shape index (κ2) is 9.00. The third-order valence-corrected chi connectivity index (χ3v) is 4.72. The van der Waals surface area contributed by atoms with Crippen LogP contribution in [0.15, 0.2) is 84.9 Å². The number of amides is 2. The molecule has 0 saturated carbocycles. The van der Waals surface area contributed by atoms with Gasteiger partial charge in [0, 0.05) is 5.69 Å². The smallest absolute Gasteiger partial charge is 0.313 e. The standard InChI is InChI=1S/C23H20N6O2/c1-16-26-27-28-29(16)20-14-8-13-19(15-20)24-22(30)23(31)25-21(17-9-4-2-5-10-17)18-11-6-3-7-12-18/h2-15,21H,1H3,(H,24,30)(H,25,31). The molecule has 4 aromatic rings. The summed E-state index contributed by atoms with van der Waals surface area (Å²) in [6, 6.07) is 25.5. The molecule has 8 heteroatoms. The number of aryl methyl sites for hydroxylation is 1. The minimum Gasteiger partial charge on any atom is -0.337 e. The zero-order chi connectivity index (χ0) is 21.6. The molecule has 2 N–H and O–H groups in total. The fraction of sp³-hybridized carbons (Fsp3) is 0.0870. The van der Waals surface area contributed by atoms with E-state index in [1.54, 1.807) is 31.2 Å². The third kappa shape index (κ3) is 4.64. The van der Waals surface area contributed by atoms with E-state index in [-0.39, 0.29) is 0 Å². The molecule has 0 radical (unpaired) electrons. The van der Waals surface area contributed by atoms with Gasteiger partial charge in [-0.15, -0.1) is 5.10 Å². The second-order valence-corrected chi connectivity index (χ2v) is 6.87. The van der Waals surface area contributed by atoms with Crippen LogP contribution in [0.3, 0.4) is 0 Å². The number of hydrogen-bond acceptors (Lipinski definition) is 5. The monoisotopic (exact) mass is 412 g/mol. The summed E-state index contributed by atoms with van der Waals surface area (Å²) in [4.78, 5) is 25.3. The van der Waals surface area contributed by atoms with Gasteiger partial charge in [-0.1, -0.05) is 66.7 Å². The summed E-state index contributed by atoms with van der Waals surface area (Å²) in [6.45, 7) is 1.77. The topological polar surface area (TPSA) is 102 Å². The number of aromatic nitrogens is 4. The fourth-order valence-corrected chi connectivity index (χ4v) is 3.22. The molecule has 31 heavy (non-hydrogen) atoms. The first-order valence-electron chi connectivity index (χ1n) is 9.69. The molecule has 1 heterocycles. The molecule has 0 unspecified atom stereocenters. The Bertz CT molecular complexity index is 1150. The first kappa shape index (κ1) is 20.0. The van der Waals surface area contributed by atoms with Gasteiger partial charge in [-0.25, -0.2) is 0 Å². The number of nitrogens with one attached hydrogen (secondary N) is 2. The normalized spacial score (nSPS) is 10.6. The number of carbonyl (C=O) groups is 2. The Labute approximate surface area is 178 Å². The van der Waals surface area contributed by atoms with E-state index in [1.165, 1.54) is 4.68 Å². The van der Waals surface area contributed by atoms with Crippen LogP contribution in [0.2, 0.25) is 0 Å². The highest BCUT2D eigenvalue weighted by atomic mass is 16.2. The van der Waals surface area contributed by atoms with Crippen LogP contribution >= 0.6 is 0 Å². The number of tetrazole rings is 1. The van der Waals surface area contributed by atoms with E-state index in [4.69, 9.17) is 0 Å². The number of carbonyl (C=O) groups excluding carboxylic acids is 2. The SMILES string of the molecule is Cc1nnnn1-c1cccc(NC(=O)C(=O)NC(c2ccccc2)c2ccccc2)c1. The van der Waals surface area contributed by atoms with Gasteiger partial charge in [-0.05, 0) is 46.7 Å². The van der Waals surface area contributed by atoms with Gasteiger partial charge in [0.1, 0.15) is 0 Å². The zero-order valence-electron chi connectivity index (χ0n) is 16.8. The van der Waals surface area contributed by atoms with E-state index in [0.717, 1.165) is 11.1 Å². The Hall–Kier alpha value is -4.33. The van der Waals surface area contributed by atoms with Crippen LogP contribution in [0, 0.1) is 6.92 Å². The van der Waals surface area contributed by atoms with Crippen LogP contribution in [0.25, 0.3) is 5.69 Å². The van der Waals surface area contributed by atoms with Crippen LogP contribution in [-0.2, 0) is 9.59 Å². The van der Waals surface area contributed by atoms with Crippen LogP contribution in [0.5, 0.6) is 0 Å². The molecule has 3 aromatic carbocycles. The molecule has 0 aliphatic rings. The second-order valence-electron chi connectivity index (χ2n) is 6.87. The lowest BCUT2D eigenvalue weighted by molar-refractivity contribution is -0.136. The Kier molecular flexibility index (Phi) is 5.79. The van der Waals surface area contributed by atoms with Crippen molar-refractivity contribution >= 4 is 17.5 Å². The minimum absolute atomic E-state index is 0.448. The molecule has 0 atom stereocenters. The van der Waals surface area contributed by atoms with E-state index < -0.39 is 17.9 Å². The van der Waals surface area contributed by atoms with Gasteiger partial charge in [0.15, 0.2) is 5.82 Å². The third-order valence-electron chi connectivity index (χ3n) is 4.72. The van der Waals surface area contributed by atoms with Crippen molar-refractivity contribution in [1.29, 1.82) is 0 Å². The predicted octanol–water partition coefficient (Wildman–Crippen LogP) is 2.82. The van der Waals surface area contributed by atoms with Crippen molar-refractivity contribution in [2.45, 2.75) is 13.0 Å². The van der Waals surface area contributed by atoms with E-state index >= 15 is 0 Å². The Morgan fingerprint density at radius 3 is 2.06 bits per heavy atom. The van der Waals surface area contributed by atoms with Crippen LogP contribution in [0.1, 0.15) is 23.0 Å². The molecular weight excluding hydrogens is 392 g/mol. The summed E-state index contributed by atoms with van der Waals surface area (Å²) in [7, 11) is 0. The molecule has 0 aliphatic carbocycles. The Morgan fingerprint density at radius 2 is 1.48 bits per heavy atom. The van der Waals surface area contributed by atoms with Crippen molar-refractivity contribution in [2.24, 2.45) is 0 Å². The van der Waals surface area contributed by atoms with Gasteiger partial charge in [0.2, 0.25) is 0 Å². The maximum atomic E-state index is 12.7. The first-order chi connectivity index (χ1) is 15.1. The van der Waals surface area contributed by atoms with Gasteiger partial charge in [0.25, 0.3) is 0 Å². The van der Waals surface area contributed by atoms with Crippen LogP contribution in [0.4, 0.5) is 5.69 Å². The van der Waals surface area contributed by atoms with Gasteiger partial charge >= 0.3 is 11.8 Å². The molecule has 154 valence electrons. The van der Waals surface area contributed by atoms with Crippen molar-refractivity contribution in [1.82, 2.24) is 25.5 Å². The lowest BCUT2D eigenvalue weighted by Gasteiger charge is -2.19. The average molecular weight is 412 g/mol. The largest absolute Gasteiger partial charge is 0.337 e. The number of rotatable bonds is 5. The number of benzene rings is 3. The van der Waals surface area contributed by atoms with Gasteiger partial charge in [0.05, 0.1) is 11.7 Å². The van der Waals surface area contributed by atoms with Crippen molar-refractivity contribution < 1.29 is 9.59 Å². The summed E-state index contributed by atoms with van der Waals surface area (Å²) in [5.41, 5.74) is 2.90. The number of nitrogens with zero attached hydrogens (tertiary/aromatic N) is 4. The number of anilines is 1. The zero-order valence-corrected chi connectivity index (χ0v) is 16.8. The molecule has 0 bridgehead atoms. The molecular formula is C23H20N6O2. The summed E-state index contributed by atoms with van der Waals surface area (Å²) in [5.74, 6) is -0.890. The molecule has 0 fully saturated rings. The minimum atomic E-state index is -0.762. The Balaban J connectivity index is 1.51. The highest BCUT2D eigenvalue weighted by Crippen LogP contribution is 2.22. The van der Waals surface area contributed by atoms with Crippen molar-refractivity contribution in [3.05, 3.63) is 102 Å². The summed E-state index contributed by atoms with van der Waals surface area (Å²) in [6.07, 6.45) is 0. The molecule has 8 nitrogen and oxygen atoms in total. The number of hydrogen-bond donors (Lipinski definition) is 2. The average Bonchev–Trinajstić information content (AvgIpc) is 3.24. The molecule has 1 aromatic heterocycles. The first-order valence-corrected chi connectivity index (χ1v) is 9.69. The molecule has 2 amide bonds. The lowest BCUT2D eigenvalue weighted by Crippen LogP contribution is -2.38. The van der Waals surface area contributed by atoms with Crippen LogP contribution in [-0.4, -0.2) is 32.0 Å². The van der Waals surface area contributed by atoms with Gasteiger partial charge in [-0.3, -0.25) is 9.59 Å². The highest BCUT2D eigenvalue weighted by Gasteiger charge is 2.21. The van der Waals surface area contributed by atoms with Gasteiger partial charge < -0.3 is 10.6 Å². The molecule has 0 spiro atoms. The molecule has 0 aliphatic heterocycles. The maximum Gasteiger partial charge on any atom is 0.313 e. The van der Waals surface area contributed by atoms with E-state index in [9.17, 15) is 9.59 Å². The lowest BCUT2D eigenvalue weighted by atomic mass is 9.99.